The van der Waals surface area contributed by atoms with Gasteiger partial charge in [0.15, 0.2) is 0 Å². The first-order valence-corrected chi connectivity index (χ1v) is 8.65. The highest BCUT2D eigenvalue weighted by molar-refractivity contribution is 6.06. The number of anilines is 2. The van der Waals surface area contributed by atoms with Gasteiger partial charge in [-0.1, -0.05) is 0 Å². The molecule has 9 heteroatoms. The van der Waals surface area contributed by atoms with Gasteiger partial charge in [-0.2, -0.15) is 5.10 Å². The summed E-state index contributed by atoms with van der Waals surface area (Å²) in [6.07, 6.45) is -0.0285. The van der Waals surface area contributed by atoms with Gasteiger partial charge in [-0.25, -0.2) is 5.43 Å². The number of nitrogens with zero attached hydrogens (tertiary/aromatic N) is 1. The van der Waals surface area contributed by atoms with Gasteiger partial charge in [0, 0.05) is 35.1 Å². The molecule has 0 bridgehead atoms. The summed E-state index contributed by atoms with van der Waals surface area (Å²) >= 11 is 0. The average Bonchev–Trinajstić information content (AvgIpc) is 2.66. The molecule has 0 aliphatic heterocycles. The van der Waals surface area contributed by atoms with E-state index in [1.807, 2.05) is 0 Å². The van der Waals surface area contributed by atoms with E-state index in [-0.39, 0.29) is 18.2 Å². The molecule has 150 valence electrons. The van der Waals surface area contributed by atoms with Crippen LogP contribution >= 0.6 is 0 Å². The number of rotatable bonds is 7. The molecule has 2 aromatic rings. The number of hydrogen-bond acceptors (Lipinski definition) is 5. The zero-order valence-corrected chi connectivity index (χ0v) is 16.0. The number of nitrogens with two attached hydrogens (primary N) is 1. The minimum Gasteiger partial charge on any atom is -0.366 e. The van der Waals surface area contributed by atoms with E-state index in [1.54, 1.807) is 43.3 Å². The summed E-state index contributed by atoms with van der Waals surface area (Å²) < 4.78 is 0. The fourth-order valence-electron chi connectivity index (χ4n) is 2.31. The minimum atomic E-state index is -0.550. The van der Waals surface area contributed by atoms with E-state index in [0.717, 1.165) is 0 Å². The first-order chi connectivity index (χ1) is 13.7. The van der Waals surface area contributed by atoms with Gasteiger partial charge in [0.1, 0.15) is 0 Å². The maximum Gasteiger partial charge on any atom is 0.271 e. The molecule has 0 saturated heterocycles. The van der Waals surface area contributed by atoms with E-state index < -0.39 is 11.8 Å². The Hall–Kier alpha value is -4.01. The molecule has 0 unspecified atom stereocenters. The van der Waals surface area contributed by atoms with Crippen molar-refractivity contribution in [2.45, 2.75) is 20.3 Å². The van der Waals surface area contributed by atoms with Crippen LogP contribution in [-0.4, -0.2) is 29.3 Å². The second-order valence-corrected chi connectivity index (χ2v) is 6.21. The van der Waals surface area contributed by atoms with Gasteiger partial charge in [0.05, 0.1) is 6.42 Å². The van der Waals surface area contributed by atoms with Crippen LogP contribution in [0.25, 0.3) is 0 Å². The second-order valence-electron chi connectivity index (χ2n) is 6.21. The summed E-state index contributed by atoms with van der Waals surface area (Å²) in [6.45, 7) is 3.00. The van der Waals surface area contributed by atoms with Crippen molar-refractivity contribution in [3.05, 3.63) is 59.7 Å². The highest BCUT2D eigenvalue weighted by atomic mass is 16.2. The minimum absolute atomic E-state index is 0.0285. The van der Waals surface area contributed by atoms with Crippen LogP contribution in [-0.2, 0) is 9.59 Å². The lowest BCUT2D eigenvalue weighted by Crippen LogP contribution is -2.21. The number of hydrogen-bond donors (Lipinski definition) is 4. The molecule has 5 N–H and O–H groups in total. The van der Waals surface area contributed by atoms with E-state index >= 15 is 0 Å². The maximum atomic E-state index is 12.1. The van der Waals surface area contributed by atoms with E-state index in [0.29, 0.717) is 28.2 Å². The molecule has 0 fully saturated rings. The van der Waals surface area contributed by atoms with Crippen molar-refractivity contribution in [1.29, 1.82) is 0 Å². The lowest BCUT2D eigenvalue weighted by atomic mass is 10.2. The maximum absolute atomic E-state index is 12.1. The summed E-state index contributed by atoms with van der Waals surface area (Å²) in [5, 5.41) is 9.18. The third kappa shape index (κ3) is 6.90. The molecule has 0 radical (unpaired) electrons. The van der Waals surface area contributed by atoms with Crippen LogP contribution in [0.4, 0.5) is 11.4 Å². The summed E-state index contributed by atoms with van der Waals surface area (Å²) in [6, 6.07) is 12.5. The first kappa shape index (κ1) is 21.3. The number of nitrogens with one attached hydrogen (secondary N) is 3. The van der Waals surface area contributed by atoms with Crippen molar-refractivity contribution >= 4 is 40.7 Å². The second kappa shape index (κ2) is 9.79. The summed E-state index contributed by atoms with van der Waals surface area (Å²) in [7, 11) is 0. The largest absolute Gasteiger partial charge is 0.366 e. The van der Waals surface area contributed by atoms with Crippen molar-refractivity contribution in [3.8, 4) is 0 Å². The van der Waals surface area contributed by atoms with Crippen LogP contribution in [0.5, 0.6) is 0 Å². The third-order valence-corrected chi connectivity index (χ3v) is 3.69. The Balaban J connectivity index is 1.86. The molecule has 29 heavy (non-hydrogen) atoms. The Kier molecular flexibility index (Phi) is 7.19. The van der Waals surface area contributed by atoms with Crippen LogP contribution in [0, 0.1) is 0 Å². The molecule has 0 spiro atoms. The van der Waals surface area contributed by atoms with Crippen molar-refractivity contribution in [3.63, 3.8) is 0 Å². The number of primary amides is 1. The van der Waals surface area contributed by atoms with E-state index in [4.69, 9.17) is 5.73 Å². The monoisotopic (exact) mass is 395 g/mol. The number of hydrazone groups is 1. The molecule has 0 saturated carbocycles. The topological polar surface area (TPSA) is 143 Å². The molecule has 0 atom stereocenters. The molecular weight excluding hydrogens is 374 g/mol. The molecule has 9 nitrogen and oxygen atoms in total. The van der Waals surface area contributed by atoms with E-state index in [9.17, 15) is 19.2 Å². The molecule has 0 aliphatic carbocycles. The normalized spacial score (nSPS) is 10.8. The van der Waals surface area contributed by atoms with Gasteiger partial charge in [0.2, 0.25) is 17.7 Å². The smallest absolute Gasteiger partial charge is 0.271 e. The quantitative estimate of drug-likeness (QED) is 0.419. The SMILES string of the molecule is CC(=O)Nc1ccc(C(=O)NN=C(C)CC(=O)Nc2ccc(C(N)=O)cc2)cc1. The zero-order valence-electron chi connectivity index (χ0n) is 16.0. The predicted octanol–water partition coefficient (Wildman–Crippen LogP) is 1.88. The average molecular weight is 395 g/mol. The molecule has 0 aliphatic rings. The Labute approximate surface area is 167 Å². The van der Waals surface area contributed by atoms with Crippen molar-refractivity contribution in [2.75, 3.05) is 10.6 Å². The van der Waals surface area contributed by atoms with Gasteiger partial charge in [-0.3, -0.25) is 19.2 Å². The van der Waals surface area contributed by atoms with E-state index in [2.05, 4.69) is 21.2 Å². The number of carbonyl (C=O) groups is 4. The van der Waals surface area contributed by atoms with Gasteiger partial charge in [0.25, 0.3) is 5.91 Å². The summed E-state index contributed by atoms with van der Waals surface area (Å²) in [5.74, 6) is -1.52. The van der Waals surface area contributed by atoms with Crippen LogP contribution in [0.1, 0.15) is 41.0 Å². The van der Waals surface area contributed by atoms with Gasteiger partial charge in [-0.15, -0.1) is 0 Å². The number of amides is 4. The predicted molar refractivity (Wildman–Crippen MR) is 110 cm³/mol. The fourth-order valence-corrected chi connectivity index (χ4v) is 2.31. The van der Waals surface area contributed by atoms with Crippen molar-refractivity contribution in [2.24, 2.45) is 10.8 Å². The van der Waals surface area contributed by atoms with Crippen LogP contribution in [0.15, 0.2) is 53.6 Å². The standard InChI is InChI=1S/C20H21N5O4/c1-12(11-18(27)23-17-7-3-14(4-8-17)19(21)28)24-25-20(29)15-5-9-16(10-6-15)22-13(2)26/h3-10H,11H2,1-2H3,(H2,21,28)(H,22,26)(H,23,27)(H,25,29). The molecular formula is C20H21N5O4. The summed E-state index contributed by atoms with van der Waals surface area (Å²) in [4.78, 5) is 46.2. The first-order valence-electron chi connectivity index (χ1n) is 8.65. The molecule has 4 amide bonds. The molecule has 2 rings (SSSR count). The van der Waals surface area contributed by atoms with Crippen LogP contribution in [0.2, 0.25) is 0 Å². The molecule has 2 aromatic carbocycles. The fraction of sp³-hybridized carbons (Fsp3) is 0.150. The van der Waals surface area contributed by atoms with Gasteiger partial charge in [-0.05, 0) is 55.5 Å². The Morgan fingerprint density at radius 1 is 0.828 bits per heavy atom. The zero-order chi connectivity index (χ0) is 21.4. The Morgan fingerprint density at radius 2 is 1.34 bits per heavy atom. The molecule has 0 aromatic heterocycles. The van der Waals surface area contributed by atoms with Gasteiger partial charge >= 0.3 is 0 Å². The number of carbonyl (C=O) groups excluding carboxylic acids is 4. The summed E-state index contributed by atoms with van der Waals surface area (Å²) in [5.41, 5.74) is 9.73. The van der Waals surface area contributed by atoms with Crippen LogP contribution in [0.3, 0.4) is 0 Å². The van der Waals surface area contributed by atoms with Crippen LogP contribution < -0.4 is 21.8 Å². The lowest BCUT2D eigenvalue weighted by Gasteiger charge is -2.06. The number of benzene rings is 2. The van der Waals surface area contributed by atoms with Crippen molar-refractivity contribution in [1.82, 2.24) is 5.43 Å². The Bertz CT molecular complexity index is 950. The van der Waals surface area contributed by atoms with E-state index in [1.165, 1.54) is 19.1 Å². The van der Waals surface area contributed by atoms with Crippen molar-refractivity contribution < 1.29 is 19.2 Å². The van der Waals surface area contributed by atoms with Gasteiger partial charge < -0.3 is 16.4 Å². The third-order valence-electron chi connectivity index (χ3n) is 3.69. The molecule has 0 heterocycles. The highest BCUT2D eigenvalue weighted by Gasteiger charge is 2.08. The Morgan fingerprint density at radius 3 is 1.86 bits per heavy atom. The highest BCUT2D eigenvalue weighted by Crippen LogP contribution is 2.10. The lowest BCUT2D eigenvalue weighted by molar-refractivity contribution is -0.115.